The van der Waals surface area contributed by atoms with Gasteiger partial charge in [0.05, 0.1) is 0 Å². The lowest BCUT2D eigenvalue weighted by molar-refractivity contribution is 0.0398. The standard InChI is InChI=1S/C16H24N2O.C16H23NO.2C15H21NO.C15H22O.C13H15NS.C12H19N.C11H17N.C11H16.7CH4/c1-16(2,3)13-8-6-7-12(9-13)15(19)18-10-14(11-18)17(4)5;1-5-12-10-17(11-12)15(18)13-7-6-8-14(9-13)16(2,3)4;1-11-8-9-16(11)14(17)12-6-5-7-13(10-12)15(2,3)4;1-15(2,3)13-8-6-7-12(11-13)14(17)16-9-4-5-10-16;1-14(2,3)12-9-7-8-11(10-12)13(16)15(4,5)6;1-13(2,3)11-6-4-5-10(9-11)12-14-7-8-15-12;1-12(2,3)10-7-6-8-11(9-10)13(4)5;1-11(2,3)9-6-5-7-10(8-9)12-4;1-9-6-5-7-10(8-9)11(2,3)4;;;;;;;/h6-9,14H,10-11H2,1-5H3;6-9,12H,5,10-11H2,1-4H3;5-7,10-11H,8-9H2,1-4H3;6-8,11H,4-5,9-10H2,1-3H3;7-10H,1-6H3;4-9H,1-3H3;6-9H,1-5H3;5-8,12H,1-4H3;5-8H,1-4H3;7*1H4. The Morgan fingerprint density at radius 3 is 0.986 bits per heavy atom. The van der Waals surface area contributed by atoms with Crippen molar-refractivity contribution in [2.24, 2.45) is 11.3 Å². The number of nitrogens with one attached hydrogen (secondary N) is 1. The molecule has 0 saturated carbocycles. The number of likely N-dealkylation sites (N-methyl/N-ethyl adjacent to an activating group) is 1. The lowest BCUT2D eigenvalue weighted by Gasteiger charge is -2.42. The molecule has 1 N–H and O–H groups in total. The number of hydrogen-bond acceptors (Lipinski definition) is 10. The molecule has 0 bridgehead atoms. The molecular weight excluding hydrogens is 1800 g/mol. The molecule has 14 rings (SSSR count). The van der Waals surface area contributed by atoms with Gasteiger partial charge < -0.3 is 34.7 Å². The number of amides is 4. The van der Waals surface area contributed by atoms with Crippen molar-refractivity contribution in [2.75, 3.05) is 91.3 Å². The number of aromatic nitrogens is 1. The number of hydrogen-bond donors (Lipinski definition) is 1. The number of nitrogens with zero attached hydrogens (tertiary/aromatic N) is 7. The summed E-state index contributed by atoms with van der Waals surface area (Å²) in [4.78, 5) is 77.7. The summed E-state index contributed by atoms with van der Waals surface area (Å²) >= 11 is 1.68. The Morgan fingerprint density at radius 1 is 0.366 bits per heavy atom. The fourth-order valence-electron chi connectivity index (χ4n) is 15.4. The van der Waals surface area contributed by atoms with Gasteiger partial charge >= 0.3 is 0 Å². The van der Waals surface area contributed by atoms with Crippen molar-refractivity contribution in [3.63, 3.8) is 0 Å². The van der Waals surface area contributed by atoms with Crippen LogP contribution in [0.5, 0.6) is 0 Å². The molecule has 806 valence electrons. The molecule has 4 aliphatic rings. The zero-order chi connectivity index (χ0) is 104. The molecule has 4 amide bonds. The smallest absolute Gasteiger partial charge is 0.254 e. The summed E-state index contributed by atoms with van der Waals surface area (Å²) in [6.07, 6.45) is 6.44. The number of aryl methyl sites for hydroxylation is 1. The lowest BCUT2D eigenvalue weighted by Crippen LogP contribution is -2.59. The van der Waals surface area contributed by atoms with Gasteiger partial charge in [0.1, 0.15) is 5.01 Å². The molecule has 4 aliphatic heterocycles. The molecule has 14 heteroatoms. The Balaban J connectivity index is 0. The molecule has 1 unspecified atom stereocenters. The van der Waals surface area contributed by atoms with E-state index >= 15 is 0 Å². The Labute approximate surface area is 893 Å². The highest BCUT2D eigenvalue weighted by atomic mass is 32.1. The number of rotatable bonds is 10. The first-order valence-electron chi connectivity index (χ1n) is 50.3. The molecule has 4 fully saturated rings. The van der Waals surface area contributed by atoms with Crippen molar-refractivity contribution in [1.29, 1.82) is 0 Å². The Kier molecular flexibility index (Phi) is 55.1. The van der Waals surface area contributed by atoms with Gasteiger partial charge in [0.15, 0.2) is 5.78 Å². The van der Waals surface area contributed by atoms with E-state index in [-0.39, 0.29) is 136 Å². The molecular formula is C131H206N8O5S. The van der Waals surface area contributed by atoms with Gasteiger partial charge in [-0.05, 0) is 243 Å². The van der Waals surface area contributed by atoms with Crippen molar-refractivity contribution < 1.29 is 24.0 Å². The van der Waals surface area contributed by atoms with Crippen LogP contribution in [0.2, 0.25) is 0 Å². The highest BCUT2D eigenvalue weighted by Crippen LogP contribution is 2.35. The van der Waals surface area contributed by atoms with Crippen molar-refractivity contribution in [3.05, 3.63) is 313 Å². The zero-order valence-electron chi connectivity index (χ0n) is 92.5. The minimum absolute atomic E-state index is 0. The molecule has 1 aromatic heterocycles. The van der Waals surface area contributed by atoms with Crippen LogP contribution in [0.4, 0.5) is 11.4 Å². The van der Waals surface area contributed by atoms with Crippen LogP contribution in [-0.2, 0) is 48.7 Å². The molecule has 13 nitrogen and oxygen atoms in total. The monoisotopic (exact) mass is 2000 g/mol. The Morgan fingerprint density at radius 2 is 0.676 bits per heavy atom. The van der Waals surface area contributed by atoms with E-state index in [9.17, 15) is 24.0 Å². The Bertz CT molecular complexity index is 5440. The molecule has 145 heavy (non-hydrogen) atoms. The normalized spacial score (nSPS) is 13.9. The van der Waals surface area contributed by atoms with E-state index in [2.05, 4.69) is 383 Å². The number of benzene rings is 9. The van der Waals surface area contributed by atoms with E-state index in [0.29, 0.717) is 18.0 Å². The number of carbonyl (C=O) groups excluding carboxylic acids is 5. The second-order valence-electron chi connectivity index (χ2n) is 48.7. The third-order valence-electron chi connectivity index (χ3n) is 25.8. The fraction of sp³-hybridized carbons (Fsp3) is 0.527. The van der Waals surface area contributed by atoms with Gasteiger partial charge in [0, 0.05) is 141 Å². The van der Waals surface area contributed by atoms with Crippen molar-refractivity contribution in [1.82, 2.24) is 29.5 Å². The summed E-state index contributed by atoms with van der Waals surface area (Å²) in [5.41, 5.74) is 21.9. The first-order chi connectivity index (χ1) is 63.7. The average molecular weight is 2010 g/mol. The lowest BCUT2D eigenvalue weighted by atomic mass is 9.82. The predicted molar refractivity (Wildman–Crippen MR) is 640 cm³/mol. The summed E-state index contributed by atoms with van der Waals surface area (Å²) in [5, 5.41) is 6.25. The number of likely N-dealkylation sites (tertiary alicyclic amines) is 4. The van der Waals surface area contributed by atoms with Crippen LogP contribution >= 0.6 is 11.3 Å². The number of ketones is 1. The van der Waals surface area contributed by atoms with Gasteiger partial charge in [-0.2, -0.15) is 0 Å². The predicted octanol–water partition coefficient (Wildman–Crippen LogP) is 34.4. The van der Waals surface area contributed by atoms with E-state index in [0.717, 1.165) is 97.9 Å². The van der Waals surface area contributed by atoms with Gasteiger partial charge in [-0.15, -0.1) is 11.3 Å². The van der Waals surface area contributed by atoms with Crippen LogP contribution in [0.1, 0.15) is 407 Å². The molecule has 0 radical (unpaired) electrons. The zero-order valence-corrected chi connectivity index (χ0v) is 93.3. The highest BCUT2D eigenvalue weighted by molar-refractivity contribution is 7.13. The molecule has 1 atom stereocenters. The minimum atomic E-state index is -0.309. The molecule has 4 saturated heterocycles. The molecule has 0 aliphatic carbocycles. The first-order valence-corrected chi connectivity index (χ1v) is 51.2. The van der Waals surface area contributed by atoms with Gasteiger partial charge in [0.25, 0.3) is 23.6 Å². The summed E-state index contributed by atoms with van der Waals surface area (Å²) in [5.74, 6) is 1.62. The summed E-state index contributed by atoms with van der Waals surface area (Å²) < 4.78 is 0. The van der Waals surface area contributed by atoms with Gasteiger partial charge in [-0.25, -0.2) is 4.98 Å². The number of Topliss-reactive ketones (excluding diaryl/α,β-unsaturated/α-hetero) is 1. The molecule has 9 aromatic carbocycles. The first kappa shape index (κ1) is 137. The summed E-state index contributed by atoms with van der Waals surface area (Å²) in [6.45, 7) is 77.9. The van der Waals surface area contributed by atoms with E-state index in [1.807, 2.05) is 150 Å². The fourth-order valence-corrected chi connectivity index (χ4v) is 16.1. The quantitative estimate of drug-likeness (QED) is 0.133. The van der Waals surface area contributed by atoms with Gasteiger partial charge in [-0.3, -0.25) is 24.0 Å². The second-order valence-corrected chi connectivity index (χ2v) is 49.6. The number of thiazole rings is 1. The van der Waals surface area contributed by atoms with Crippen LogP contribution in [0, 0.1) is 18.3 Å². The number of anilines is 2. The van der Waals surface area contributed by atoms with E-state index in [4.69, 9.17) is 0 Å². The average Bonchev–Trinajstić information content (AvgIpc) is 0.968. The van der Waals surface area contributed by atoms with Crippen molar-refractivity contribution in [3.8, 4) is 10.6 Å². The van der Waals surface area contributed by atoms with Gasteiger partial charge in [0.2, 0.25) is 0 Å². The summed E-state index contributed by atoms with van der Waals surface area (Å²) in [7, 11) is 10.2. The molecule has 0 spiro atoms. The van der Waals surface area contributed by atoms with E-state index in [1.54, 1.807) is 11.3 Å². The topological polar surface area (TPSA) is 130 Å². The van der Waals surface area contributed by atoms with Gasteiger partial charge in [-0.1, -0.05) is 406 Å². The van der Waals surface area contributed by atoms with Crippen LogP contribution in [0.25, 0.3) is 10.6 Å². The van der Waals surface area contributed by atoms with Crippen LogP contribution in [0.3, 0.4) is 0 Å². The van der Waals surface area contributed by atoms with Crippen LogP contribution in [0.15, 0.2) is 230 Å². The maximum atomic E-state index is 12.4. The second kappa shape index (κ2) is 58.5. The van der Waals surface area contributed by atoms with E-state index in [1.165, 1.54) is 79.0 Å². The third kappa shape index (κ3) is 43.6. The highest BCUT2D eigenvalue weighted by Gasteiger charge is 2.35. The van der Waals surface area contributed by atoms with Crippen LogP contribution < -0.4 is 10.2 Å². The maximum absolute atomic E-state index is 12.4. The summed E-state index contributed by atoms with van der Waals surface area (Å²) in [6, 6.07) is 75.6. The molecule has 10 aromatic rings. The van der Waals surface area contributed by atoms with Crippen LogP contribution in [-0.4, -0.2) is 152 Å². The van der Waals surface area contributed by atoms with E-state index < -0.39 is 0 Å². The number of carbonyl (C=O) groups is 5. The van der Waals surface area contributed by atoms with Crippen molar-refractivity contribution >= 4 is 52.1 Å². The minimum Gasteiger partial charge on any atom is -0.388 e. The SMILES string of the molecule is C.C.C.C.C.C.C.CC(C)(C)C(=O)c1cccc(C(C)(C)C)c1.CC(C)(C)c1cccc(-c2nccs2)c1.CC(C)(C)c1cccc(C(=O)N2CCCC2)c1.CC1CCN1C(=O)c1cccc(C(C)(C)C)c1.CCC1CN(C(=O)c2cccc(C(C)(C)C)c2)C1.CN(C)C1CN(C(=O)c2cccc(C(C)(C)C)c2)C1.CN(C)c1cccc(C(C)(C)C)c1.CNc1cccc(C(C)(C)C)c1.Cc1cccc(C(C)(C)C)c1. The van der Waals surface area contributed by atoms with Crippen molar-refractivity contribution in [2.45, 2.75) is 367 Å². The Hall–Kier alpha value is -10.3. The maximum Gasteiger partial charge on any atom is 0.254 e. The third-order valence-corrected chi connectivity index (χ3v) is 26.6. The largest absolute Gasteiger partial charge is 0.388 e. The molecule has 5 heterocycles.